The van der Waals surface area contributed by atoms with Gasteiger partial charge in [0.2, 0.25) is 29.5 Å². The second kappa shape index (κ2) is 22.9. The molecular weight excluding hydrogens is 795 g/mol. The van der Waals surface area contributed by atoms with Gasteiger partial charge in [0.05, 0.1) is 19.1 Å². The van der Waals surface area contributed by atoms with Gasteiger partial charge in [-0.1, -0.05) is 91.5 Å². The number of benzene rings is 1. The topological polar surface area (TPSA) is 189 Å². The minimum absolute atomic E-state index is 0.0108. The van der Waals surface area contributed by atoms with Crippen LogP contribution in [0, 0.1) is 52.3 Å². The Morgan fingerprint density at radius 3 is 2.24 bits per heavy atom. The Bertz CT molecular complexity index is 1750. The Hall–Kier alpha value is -3.77. The van der Waals surface area contributed by atoms with Crippen LogP contribution in [0.25, 0.3) is 0 Å². The SMILES string of the molecule is CC(C)CCC[C@@H](C)[C@H]1CC[C@H]2[C@@H]3CC=C4C[C@@H](OCCCNC(=O)CCC(=O)N[C@@H](CC(C)C)C(=O)N[C@@H](CC(N)=O)C(=O)Nc5ccc(CO)cc5)CC[C@]4(C)C3CC[C@]12C. The van der Waals surface area contributed by atoms with E-state index >= 15 is 0 Å². The van der Waals surface area contributed by atoms with Crippen molar-refractivity contribution in [2.24, 2.45) is 58.0 Å². The molecule has 0 spiro atoms. The van der Waals surface area contributed by atoms with Crippen molar-refractivity contribution in [1.29, 1.82) is 0 Å². The van der Waals surface area contributed by atoms with Gasteiger partial charge in [0.25, 0.3) is 0 Å². The molecule has 0 saturated heterocycles. The number of carbonyl (C=O) groups excluding carboxylic acids is 5. The first-order valence-electron chi connectivity index (χ1n) is 24.4. The van der Waals surface area contributed by atoms with Crippen LogP contribution in [0.3, 0.4) is 0 Å². The highest BCUT2D eigenvalue weighted by molar-refractivity contribution is 6.00. The zero-order valence-corrected chi connectivity index (χ0v) is 39.6. The van der Waals surface area contributed by atoms with Crippen molar-refractivity contribution in [2.45, 2.75) is 176 Å². The molecule has 1 aromatic carbocycles. The van der Waals surface area contributed by atoms with E-state index in [0.29, 0.717) is 36.2 Å². The lowest BCUT2D eigenvalue weighted by Gasteiger charge is -2.58. The van der Waals surface area contributed by atoms with E-state index in [1.54, 1.807) is 29.8 Å². The van der Waals surface area contributed by atoms with Gasteiger partial charge in [-0.2, -0.15) is 0 Å². The monoisotopic (exact) mass is 876 g/mol. The number of nitrogens with one attached hydrogen (secondary N) is 4. The second-order valence-electron chi connectivity index (χ2n) is 21.1. The molecule has 0 bridgehead atoms. The molecule has 12 heteroatoms. The van der Waals surface area contributed by atoms with E-state index in [-0.39, 0.29) is 49.2 Å². The number of fused-ring (bicyclic) bond motifs is 5. The summed E-state index contributed by atoms with van der Waals surface area (Å²) in [4.78, 5) is 63.9. The molecule has 0 radical (unpaired) electrons. The van der Waals surface area contributed by atoms with Gasteiger partial charge in [0, 0.05) is 31.7 Å². The van der Waals surface area contributed by atoms with Crippen LogP contribution >= 0.6 is 0 Å². The summed E-state index contributed by atoms with van der Waals surface area (Å²) in [5.74, 6) is 2.16. The fourth-order valence-electron chi connectivity index (χ4n) is 12.2. The molecule has 63 heavy (non-hydrogen) atoms. The number of ether oxygens (including phenoxy) is 1. The summed E-state index contributed by atoms with van der Waals surface area (Å²) in [6.45, 7) is 17.1. The largest absolute Gasteiger partial charge is 0.392 e. The quantitative estimate of drug-likeness (QED) is 0.0480. The van der Waals surface area contributed by atoms with Gasteiger partial charge in [0.1, 0.15) is 12.1 Å². The van der Waals surface area contributed by atoms with Gasteiger partial charge in [-0.05, 0) is 134 Å². The lowest BCUT2D eigenvalue weighted by Crippen LogP contribution is -2.54. The van der Waals surface area contributed by atoms with Crippen LogP contribution in [0.4, 0.5) is 5.69 Å². The first-order chi connectivity index (χ1) is 29.9. The Balaban J connectivity index is 1.01. The third kappa shape index (κ3) is 13.4. The maximum atomic E-state index is 13.4. The minimum Gasteiger partial charge on any atom is -0.392 e. The number of hydrogen-bond acceptors (Lipinski definition) is 7. The average Bonchev–Trinajstić information content (AvgIpc) is 3.59. The summed E-state index contributed by atoms with van der Waals surface area (Å²) in [5, 5.41) is 20.1. The lowest BCUT2D eigenvalue weighted by atomic mass is 9.47. The molecule has 4 aliphatic carbocycles. The lowest BCUT2D eigenvalue weighted by molar-refractivity contribution is -0.132. The fourth-order valence-corrected chi connectivity index (χ4v) is 12.2. The summed E-state index contributed by atoms with van der Waals surface area (Å²) in [6, 6.07) is 4.18. The van der Waals surface area contributed by atoms with E-state index in [0.717, 1.165) is 48.3 Å². The molecule has 1 aromatic rings. The van der Waals surface area contributed by atoms with Crippen LogP contribution in [0.5, 0.6) is 0 Å². The molecule has 4 aliphatic rings. The molecule has 5 amide bonds. The Labute approximate surface area is 377 Å². The molecule has 0 heterocycles. The normalized spacial score (nSPS) is 27.8. The number of aliphatic hydroxyl groups excluding tert-OH is 1. The Kier molecular flexibility index (Phi) is 18.3. The minimum atomic E-state index is -1.28. The highest BCUT2D eigenvalue weighted by atomic mass is 16.5. The third-order valence-electron chi connectivity index (χ3n) is 15.6. The van der Waals surface area contributed by atoms with Crippen LogP contribution in [-0.4, -0.2) is 66.0 Å². The van der Waals surface area contributed by atoms with E-state index in [1.165, 1.54) is 57.8 Å². The Morgan fingerprint density at radius 1 is 0.825 bits per heavy atom. The summed E-state index contributed by atoms with van der Waals surface area (Å²) < 4.78 is 6.41. The smallest absolute Gasteiger partial charge is 0.247 e. The van der Waals surface area contributed by atoms with E-state index in [4.69, 9.17) is 10.5 Å². The van der Waals surface area contributed by atoms with Crippen molar-refractivity contribution >= 4 is 35.2 Å². The van der Waals surface area contributed by atoms with Crippen LogP contribution in [0.15, 0.2) is 35.9 Å². The van der Waals surface area contributed by atoms with Crippen molar-refractivity contribution in [3.8, 4) is 0 Å². The number of anilines is 1. The summed E-state index contributed by atoms with van der Waals surface area (Å²) in [6.07, 6.45) is 17.4. The summed E-state index contributed by atoms with van der Waals surface area (Å²) in [7, 11) is 0. The van der Waals surface area contributed by atoms with Crippen molar-refractivity contribution in [1.82, 2.24) is 16.0 Å². The van der Waals surface area contributed by atoms with Gasteiger partial charge in [-0.3, -0.25) is 24.0 Å². The van der Waals surface area contributed by atoms with Gasteiger partial charge < -0.3 is 36.8 Å². The van der Waals surface area contributed by atoms with Crippen molar-refractivity contribution < 1.29 is 33.8 Å². The van der Waals surface area contributed by atoms with Crippen molar-refractivity contribution in [2.75, 3.05) is 18.5 Å². The van der Waals surface area contributed by atoms with Crippen molar-refractivity contribution in [3.05, 3.63) is 41.5 Å². The molecule has 3 fully saturated rings. The zero-order chi connectivity index (χ0) is 45.9. The van der Waals surface area contributed by atoms with Gasteiger partial charge in [0.15, 0.2) is 0 Å². The molecule has 5 rings (SSSR count). The second-order valence-corrected chi connectivity index (χ2v) is 21.1. The predicted octanol–water partition coefficient (Wildman–Crippen LogP) is 7.72. The summed E-state index contributed by atoms with van der Waals surface area (Å²) in [5.41, 5.74) is 8.86. The maximum absolute atomic E-state index is 13.4. The number of rotatable bonds is 23. The number of carbonyl (C=O) groups is 5. The molecule has 12 nitrogen and oxygen atoms in total. The first-order valence-corrected chi connectivity index (χ1v) is 24.4. The van der Waals surface area contributed by atoms with Crippen LogP contribution < -0.4 is 27.0 Å². The number of amides is 5. The standard InChI is InChI=1S/C51H81N5O7/c1-32(2)10-8-11-34(5)40-18-19-41-39-17-14-36-29-38(22-24-50(36,6)42(39)23-25-51(40,41)7)63-27-9-26-53-46(59)20-21-47(60)55-43(28-33(3)4)49(62)56-44(30-45(52)58)48(61)54-37-15-12-35(31-57)13-16-37/h12-16,32-34,38-44,57H,8-11,17-31H2,1-7H3,(H2,52,58)(H,53,59)(H,54,61)(H,55,60)(H,56,62)/t34-,38+,39+,40-,41+,42?,43+,44+,50+,51-/m1/s1. The molecule has 0 aromatic heterocycles. The molecule has 10 atom stereocenters. The first kappa shape index (κ1) is 50.2. The van der Waals surface area contributed by atoms with Crippen LogP contribution in [0.1, 0.15) is 157 Å². The number of hydrogen-bond donors (Lipinski definition) is 6. The number of primary amides is 1. The van der Waals surface area contributed by atoms with Crippen LogP contribution in [0.2, 0.25) is 0 Å². The van der Waals surface area contributed by atoms with E-state index in [9.17, 15) is 29.1 Å². The Morgan fingerprint density at radius 2 is 1.56 bits per heavy atom. The highest BCUT2D eigenvalue weighted by Crippen LogP contribution is 2.67. The van der Waals surface area contributed by atoms with E-state index in [1.807, 2.05) is 13.8 Å². The average molecular weight is 876 g/mol. The number of nitrogens with two attached hydrogens (primary N) is 1. The van der Waals surface area contributed by atoms with E-state index < -0.39 is 42.1 Å². The summed E-state index contributed by atoms with van der Waals surface area (Å²) >= 11 is 0. The van der Waals surface area contributed by atoms with Gasteiger partial charge >= 0.3 is 0 Å². The zero-order valence-electron chi connectivity index (χ0n) is 39.6. The van der Waals surface area contributed by atoms with Gasteiger partial charge in [-0.15, -0.1) is 0 Å². The third-order valence-corrected chi connectivity index (χ3v) is 15.6. The fraction of sp³-hybridized carbons (Fsp3) is 0.745. The van der Waals surface area contributed by atoms with Gasteiger partial charge in [-0.25, -0.2) is 0 Å². The molecule has 1 unspecified atom stereocenters. The number of allylic oxidation sites excluding steroid dienone is 1. The molecule has 3 saturated carbocycles. The molecule has 0 aliphatic heterocycles. The maximum Gasteiger partial charge on any atom is 0.247 e. The predicted molar refractivity (Wildman–Crippen MR) is 248 cm³/mol. The van der Waals surface area contributed by atoms with E-state index in [2.05, 4.69) is 62.0 Å². The van der Waals surface area contributed by atoms with Crippen LogP contribution in [-0.2, 0) is 35.3 Å². The molecule has 352 valence electrons. The highest BCUT2D eigenvalue weighted by Gasteiger charge is 2.59. The van der Waals surface area contributed by atoms with Crippen molar-refractivity contribution in [3.63, 3.8) is 0 Å². The molecular formula is C51H81N5O7. The molecule has 7 N–H and O–H groups in total. The number of aliphatic hydroxyl groups is 1.